The fraction of sp³-hybridized carbons (Fsp3) is 0.355. The van der Waals surface area contributed by atoms with Crippen molar-refractivity contribution in [1.29, 1.82) is 0 Å². The Hall–Kier alpha value is -3.72. The third kappa shape index (κ3) is 7.47. The topological polar surface area (TPSA) is 86.8 Å². The van der Waals surface area contributed by atoms with Crippen LogP contribution in [0, 0.1) is 26.6 Å². The lowest BCUT2D eigenvalue weighted by molar-refractivity contribution is -0.139. The van der Waals surface area contributed by atoms with E-state index in [1.54, 1.807) is 56.3 Å². The smallest absolute Gasteiger partial charge is 0.264 e. The summed E-state index contributed by atoms with van der Waals surface area (Å²) in [6.07, 6.45) is 1.66. The maximum absolute atomic E-state index is 14.6. The van der Waals surface area contributed by atoms with Gasteiger partial charge in [0, 0.05) is 18.7 Å². The second-order valence-corrected chi connectivity index (χ2v) is 11.9. The highest BCUT2D eigenvalue weighted by atomic mass is 32.2. The van der Waals surface area contributed by atoms with E-state index in [0.29, 0.717) is 17.8 Å². The summed E-state index contributed by atoms with van der Waals surface area (Å²) in [6.45, 7) is 8.72. The molecule has 0 aliphatic carbocycles. The summed E-state index contributed by atoms with van der Waals surface area (Å²) in [5.41, 5.74) is 2.97. The predicted molar refractivity (Wildman–Crippen MR) is 156 cm³/mol. The number of carbonyl (C=O) groups excluding carboxylic acids is 2. The fourth-order valence-corrected chi connectivity index (χ4v) is 5.74. The first-order chi connectivity index (χ1) is 18.9. The van der Waals surface area contributed by atoms with Crippen LogP contribution in [0.25, 0.3) is 0 Å². The first-order valence-electron chi connectivity index (χ1n) is 13.4. The summed E-state index contributed by atoms with van der Waals surface area (Å²) >= 11 is 0. The van der Waals surface area contributed by atoms with Crippen LogP contribution in [-0.2, 0) is 26.2 Å². The molecule has 0 radical (unpaired) electrons. The average Bonchev–Trinajstić information content (AvgIpc) is 2.92. The number of amides is 2. The summed E-state index contributed by atoms with van der Waals surface area (Å²) in [4.78, 5) is 28.3. The molecule has 2 amide bonds. The molecule has 0 aliphatic rings. The Morgan fingerprint density at radius 2 is 1.60 bits per heavy atom. The van der Waals surface area contributed by atoms with Crippen LogP contribution in [0.2, 0.25) is 0 Å². The van der Waals surface area contributed by atoms with E-state index < -0.39 is 40.2 Å². The second kappa shape index (κ2) is 13.6. The van der Waals surface area contributed by atoms with E-state index in [-0.39, 0.29) is 17.0 Å². The van der Waals surface area contributed by atoms with Gasteiger partial charge in [-0.3, -0.25) is 13.9 Å². The first kappa shape index (κ1) is 30.8. The molecule has 3 aromatic carbocycles. The van der Waals surface area contributed by atoms with Crippen LogP contribution in [0.1, 0.15) is 48.9 Å². The third-order valence-electron chi connectivity index (χ3n) is 6.82. The first-order valence-corrected chi connectivity index (χ1v) is 14.9. The number of anilines is 1. The van der Waals surface area contributed by atoms with E-state index in [1.165, 1.54) is 23.1 Å². The number of hydrogen-bond donors (Lipinski definition) is 1. The molecule has 1 atom stereocenters. The van der Waals surface area contributed by atoms with Crippen molar-refractivity contribution >= 4 is 27.5 Å². The lowest BCUT2D eigenvalue weighted by Gasteiger charge is -2.32. The van der Waals surface area contributed by atoms with Crippen LogP contribution in [0.5, 0.6) is 0 Å². The number of nitrogens with one attached hydrogen (secondary N) is 1. The van der Waals surface area contributed by atoms with Gasteiger partial charge in [-0.05, 0) is 69.5 Å². The monoisotopic (exact) mass is 567 g/mol. The van der Waals surface area contributed by atoms with E-state index in [1.807, 2.05) is 26.8 Å². The van der Waals surface area contributed by atoms with Crippen molar-refractivity contribution in [3.63, 3.8) is 0 Å². The van der Waals surface area contributed by atoms with Crippen LogP contribution < -0.4 is 9.62 Å². The number of halogens is 1. The maximum atomic E-state index is 14.6. The molecule has 9 heteroatoms. The zero-order chi connectivity index (χ0) is 29.4. The minimum absolute atomic E-state index is 0.0396. The molecule has 0 unspecified atom stereocenters. The molecule has 3 rings (SSSR count). The van der Waals surface area contributed by atoms with Crippen molar-refractivity contribution in [2.45, 2.75) is 64.9 Å². The minimum Gasteiger partial charge on any atom is -0.354 e. The van der Waals surface area contributed by atoms with E-state index in [2.05, 4.69) is 5.32 Å². The standard InChI is InChI=1S/C31H38FN3O4S/c1-6-7-18-33-31(37)25(5)34(20-26-10-8-9-11-28(26)32)30(36)21-35(29-19-23(3)12-15-24(29)4)40(38,39)27-16-13-22(2)14-17-27/h8-17,19,25H,6-7,18,20-21H2,1-5H3,(H,33,37)/t25-/m0/s1. The van der Waals surface area contributed by atoms with E-state index in [4.69, 9.17) is 0 Å². The van der Waals surface area contributed by atoms with Crippen LogP contribution in [-0.4, -0.2) is 44.3 Å². The molecule has 0 fully saturated rings. The molecule has 0 spiro atoms. The molecule has 0 saturated heterocycles. The maximum Gasteiger partial charge on any atom is 0.264 e. The normalized spacial score (nSPS) is 12.1. The number of carbonyl (C=O) groups is 2. The molecule has 0 aliphatic heterocycles. The van der Waals surface area contributed by atoms with Crippen molar-refractivity contribution in [3.05, 3.63) is 94.8 Å². The number of unbranched alkanes of at least 4 members (excludes halogenated alkanes) is 1. The number of sulfonamides is 1. The lowest BCUT2D eigenvalue weighted by Crippen LogP contribution is -2.51. The highest BCUT2D eigenvalue weighted by Gasteiger charge is 2.33. The molecule has 0 saturated carbocycles. The van der Waals surface area contributed by atoms with Gasteiger partial charge in [0.15, 0.2) is 0 Å². The lowest BCUT2D eigenvalue weighted by atomic mass is 10.1. The van der Waals surface area contributed by atoms with Gasteiger partial charge in [-0.15, -0.1) is 0 Å². The Balaban J connectivity index is 2.05. The molecule has 7 nitrogen and oxygen atoms in total. The number of nitrogens with zero attached hydrogens (tertiary/aromatic N) is 2. The van der Waals surface area contributed by atoms with Crippen LogP contribution in [0.3, 0.4) is 0 Å². The number of aryl methyl sites for hydroxylation is 3. The summed E-state index contributed by atoms with van der Waals surface area (Å²) < 4.78 is 43.7. The van der Waals surface area contributed by atoms with Gasteiger partial charge in [0.05, 0.1) is 10.6 Å². The van der Waals surface area contributed by atoms with Crippen molar-refractivity contribution in [1.82, 2.24) is 10.2 Å². The number of rotatable bonds is 12. The molecule has 0 heterocycles. The van der Waals surface area contributed by atoms with Crippen LogP contribution in [0.15, 0.2) is 71.6 Å². The van der Waals surface area contributed by atoms with Crippen molar-refractivity contribution < 1.29 is 22.4 Å². The van der Waals surface area contributed by atoms with Gasteiger partial charge < -0.3 is 10.2 Å². The largest absolute Gasteiger partial charge is 0.354 e. The van der Waals surface area contributed by atoms with Gasteiger partial charge in [0.25, 0.3) is 10.0 Å². The molecular weight excluding hydrogens is 529 g/mol. The second-order valence-electron chi connectivity index (χ2n) is 10.0. The predicted octanol–water partition coefficient (Wildman–Crippen LogP) is 5.28. The Morgan fingerprint density at radius 1 is 0.950 bits per heavy atom. The van der Waals surface area contributed by atoms with Crippen molar-refractivity contribution in [3.8, 4) is 0 Å². The van der Waals surface area contributed by atoms with Gasteiger partial charge >= 0.3 is 0 Å². The number of benzene rings is 3. The Kier molecular flexibility index (Phi) is 10.5. The summed E-state index contributed by atoms with van der Waals surface area (Å²) in [5.74, 6) is -1.53. The third-order valence-corrected chi connectivity index (χ3v) is 8.59. The number of hydrogen-bond acceptors (Lipinski definition) is 4. The highest BCUT2D eigenvalue weighted by molar-refractivity contribution is 7.92. The Morgan fingerprint density at radius 3 is 2.25 bits per heavy atom. The molecule has 3 aromatic rings. The fourth-order valence-electron chi connectivity index (χ4n) is 4.27. The van der Waals surface area contributed by atoms with Crippen LogP contribution >= 0.6 is 0 Å². The zero-order valence-corrected chi connectivity index (χ0v) is 24.6. The van der Waals surface area contributed by atoms with Gasteiger partial charge in [0.1, 0.15) is 18.4 Å². The summed E-state index contributed by atoms with van der Waals surface area (Å²) in [5, 5.41) is 2.82. The summed E-state index contributed by atoms with van der Waals surface area (Å²) in [6, 6.07) is 16.9. The molecule has 0 bridgehead atoms. The minimum atomic E-state index is -4.17. The average molecular weight is 568 g/mol. The van der Waals surface area contributed by atoms with Crippen LogP contribution in [0.4, 0.5) is 10.1 Å². The Labute approximate surface area is 237 Å². The van der Waals surface area contributed by atoms with Gasteiger partial charge in [-0.25, -0.2) is 12.8 Å². The van der Waals surface area contributed by atoms with E-state index in [0.717, 1.165) is 28.3 Å². The Bertz CT molecular complexity index is 1440. The van der Waals surface area contributed by atoms with Gasteiger partial charge in [-0.2, -0.15) is 0 Å². The van der Waals surface area contributed by atoms with E-state index in [9.17, 15) is 22.4 Å². The SMILES string of the molecule is CCCCNC(=O)[C@H](C)N(Cc1ccccc1F)C(=O)CN(c1cc(C)ccc1C)S(=O)(=O)c1ccc(C)cc1. The van der Waals surface area contributed by atoms with Crippen molar-refractivity contribution in [2.24, 2.45) is 0 Å². The van der Waals surface area contributed by atoms with Gasteiger partial charge in [0.2, 0.25) is 11.8 Å². The van der Waals surface area contributed by atoms with Crippen molar-refractivity contribution in [2.75, 3.05) is 17.4 Å². The van der Waals surface area contributed by atoms with Gasteiger partial charge in [-0.1, -0.05) is 61.4 Å². The summed E-state index contributed by atoms with van der Waals surface area (Å²) in [7, 11) is -4.17. The molecule has 214 valence electrons. The molecular formula is C31H38FN3O4S. The van der Waals surface area contributed by atoms with E-state index >= 15 is 0 Å². The molecule has 0 aromatic heterocycles. The highest BCUT2D eigenvalue weighted by Crippen LogP contribution is 2.29. The zero-order valence-electron chi connectivity index (χ0n) is 23.8. The quantitative estimate of drug-likeness (QED) is 0.302. The molecule has 40 heavy (non-hydrogen) atoms. The molecule has 1 N–H and O–H groups in total.